The second kappa shape index (κ2) is 6.22. The molecule has 17 heavy (non-hydrogen) atoms. The van der Waals surface area contributed by atoms with Gasteiger partial charge in [-0.3, -0.25) is 0 Å². The highest BCUT2D eigenvalue weighted by atomic mass is 35.5. The first-order valence-corrected chi connectivity index (χ1v) is 6.40. The fraction of sp³-hybridized carbons (Fsp3) is 0.615. The van der Waals surface area contributed by atoms with Crippen LogP contribution in [0.5, 0.6) is 5.88 Å². The van der Waals surface area contributed by atoms with E-state index in [0.717, 1.165) is 25.1 Å². The maximum absolute atomic E-state index is 6.08. The predicted molar refractivity (Wildman–Crippen MR) is 71.6 cm³/mol. The van der Waals surface area contributed by atoms with E-state index in [4.69, 9.17) is 16.3 Å². The average Bonchev–Trinajstić information content (AvgIpc) is 2.29. The minimum absolute atomic E-state index is 0.198. The highest BCUT2D eigenvalue weighted by molar-refractivity contribution is 6.31. The lowest BCUT2D eigenvalue weighted by Crippen LogP contribution is -2.27. The van der Waals surface area contributed by atoms with E-state index in [1.54, 1.807) is 6.20 Å². The van der Waals surface area contributed by atoms with Gasteiger partial charge in [0.15, 0.2) is 0 Å². The largest absolute Gasteiger partial charge is 0.472 e. The first kappa shape index (κ1) is 14.3. The third kappa shape index (κ3) is 4.52. The van der Waals surface area contributed by atoms with Gasteiger partial charge in [-0.1, -0.05) is 25.4 Å². The lowest BCUT2D eigenvalue weighted by molar-refractivity contribution is 0.0989. The monoisotopic (exact) mass is 256 g/mol. The van der Waals surface area contributed by atoms with Gasteiger partial charge in [-0.05, 0) is 32.4 Å². The molecule has 96 valence electrons. The number of hydrogen-bond acceptors (Lipinski definition) is 3. The number of ether oxygens (including phenoxy) is 1. The molecule has 0 radical (unpaired) electrons. The van der Waals surface area contributed by atoms with Crippen LogP contribution in [-0.4, -0.2) is 17.1 Å². The van der Waals surface area contributed by atoms with Crippen molar-refractivity contribution in [2.24, 2.45) is 0 Å². The van der Waals surface area contributed by atoms with Gasteiger partial charge in [0.1, 0.15) is 5.60 Å². The molecule has 1 rings (SSSR count). The molecule has 0 saturated heterocycles. The first-order chi connectivity index (χ1) is 7.98. The summed E-state index contributed by atoms with van der Waals surface area (Å²) >= 11 is 6.08. The number of hydrogen-bond donors (Lipinski definition) is 1. The molecule has 1 N–H and O–H groups in total. The standard InChI is InChI=1S/C13H21ClN2O/c1-5-13(3,4)17-12-7-10(8-15-6-2)11(14)9-16-12/h7,9,15H,5-6,8H2,1-4H3. The van der Waals surface area contributed by atoms with Crippen molar-refractivity contribution in [3.8, 4) is 5.88 Å². The minimum Gasteiger partial charge on any atom is -0.472 e. The summed E-state index contributed by atoms with van der Waals surface area (Å²) in [5, 5.41) is 3.92. The van der Waals surface area contributed by atoms with Gasteiger partial charge in [-0.25, -0.2) is 4.98 Å². The van der Waals surface area contributed by atoms with Crippen molar-refractivity contribution < 1.29 is 4.74 Å². The smallest absolute Gasteiger partial charge is 0.214 e. The maximum Gasteiger partial charge on any atom is 0.214 e. The fourth-order valence-corrected chi connectivity index (χ4v) is 1.43. The highest BCUT2D eigenvalue weighted by Gasteiger charge is 2.18. The van der Waals surface area contributed by atoms with Gasteiger partial charge < -0.3 is 10.1 Å². The van der Waals surface area contributed by atoms with Crippen LogP contribution in [0.1, 0.15) is 39.7 Å². The maximum atomic E-state index is 6.08. The molecular formula is C13H21ClN2O. The first-order valence-electron chi connectivity index (χ1n) is 6.02. The quantitative estimate of drug-likeness (QED) is 0.847. The summed E-state index contributed by atoms with van der Waals surface area (Å²) in [6.07, 6.45) is 2.58. The van der Waals surface area contributed by atoms with Crippen LogP contribution in [0.3, 0.4) is 0 Å². The van der Waals surface area contributed by atoms with Crippen LogP contribution in [-0.2, 0) is 6.54 Å². The summed E-state index contributed by atoms with van der Waals surface area (Å²) in [6, 6.07) is 1.91. The summed E-state index contributed by atoms with van der Waals surface area (Å²) in [4.78, 5) is 4.20. The third-order valence-corrected chi connectivity index (χ3v) is 3.05. The van der Waals surface area contributed by atoms with Crippen LogP contribution in [0.15, 0.2) is 12.3 Å². The fourth-order valence-electron chi connectivity index (χ4n) is 1.26. The molecule has 4 heteroatoms. The van der Waals surface area contributed by atoms with Crippen molar-refractivity contribution in [3.63, 3.8) is 0 Å². The number of halogens is 1. The Hall–Kier alpha value is -0.800. The van der Waals surface area contributed by atoms with Gasteiger partial charge in [0.05, 0.1) is 5.02 Å². The van der Waals surface area contributed by atoms with Gasteiger partial charge in [0, 0.05) is 18.8 Å². The topological polar surface area (TPSA) is 34.1 Å². The van der Waals surface area contributed by atoms with Crippen molar-refractivity contribution >= 4 is 11.6 Å². The summed E-state index contributed by atoms with van der Waals surface area (Å²) in [6.45, 7) is 9.90. The van der Waals surface area contributed by atoms with Crippen LogP contribution >= 0.6 is 11.6 Å². The SMILES string of the molecule is CCNCc1cc(OC(C)(C)CC)ncc1Cl. The van der Waals surface area contributed by atoms with Crippen molar-refractivity contribution in [3.05, 3.63) is 22.8 Å². The van der Waals surface area contributed by atoms with E-state index in [0.29, 0.717) is 10.9 Å². The number of rotatable bonds is 6. The van der Waals surface area contributed by atoms with E-state index in [9.17, 15) is 0 Å². The van der Waals surface area contributed by atoms with Gasteiger partial charge in [-0.15, -0.1) is 0 Å². The van der Waals surface area contributed by atoms with Crippen LogP contribution in [0.4, 0.5) is 0 Å². The summed E-state index contributed by atoms with van der Waals surface area (Å²) in [5.74, 6) is 0.633. The molecule has 3 nitrogen and oxygen atoms in total. The zero-order valence-corrected chi connectivity index (χ0v) is 11.8. The van der Waals surface area contributed by atoms with Crippen LogP contribution in [0.25, 0.3) is 0 Å². The Kier molecular flexibility index (Phi) is 5.22. The van der Waals surface area contributed by atoms with E-state index in [1.807, 2.05) is 19.9 Å². The Morgan fingerprint density at radius 1 is 1.41 bits per heavy atom. The normalized spacial score (nSPS) is 11.6. The van der Waals surface area contributed by atoms with Crippen LogP contribution in [0.2, 0.25) is 5.02 Å². The molecule has 0 bridgehead atoms. The molecule has 0 atom stereocenters. The molecule has 1 aromatic rings. The Morgan fingerprint density at radius 3 is 2.71 bits per heavy atom. The number of nitrogens with one attached hydrogen (secondary N) is 1. The molecule has 0 unspecified atom stereocenters. The molecule has 0 amide bonds. The lowest BCUT2D eigenvalue weighted by Gasteiger charge is -2.24. The molecule has 0 aliphatic carbocycles. The van der Waals surface area contributed by atoms with Crippen LogP contribution < -0.4 is 10.1 Å². The van der Waals surface area contributed by atoms with Crippen molar-refractivity contribution in [1.82, 2.24) is 10.3 Å². The Balaban J connectivity index is 2.81. The zero-order chi connectivity index (χ0) is 12.9. The third-order valence-electron chi connectivity index (χ3n) is 2.71. The van der Waals surface area contributed by atoms with E-state index in [1.165, 1.54) is 0 Å². The van der Waals surface area contributed by atoms with E-state index >= 15 is 0 Å². The molecule has 0 aromatic carbocycles. The van der Waals surface area contributed by atoms with Crippen molar-refractivity contribution in [2.45, 2.75) is 46.3 Å². The molecule has 0 aliphatic heterocycles. The molecule has 0 spiro atoms. The number of pyridine rings is 1. The second-order valence-corrected chi connectivity index (χ2v) is 5.02. The summed E-state index contributed by atoms with van der Waals surface area (Å²) in [7, 11) is 0. The molecule has 0 aliphatic rings. The molecule has 0 saturated carbocycles. The summed E-state index contributed by atoms with van der Waals surface area (Å²) < 4.78 is 5.83. The molecule has 1 heterocycles. The highest BCUT2D eigenvalue weighted by Crippen LogP contribution is 2.23. The van der Waals surface area contributed by atoms with Gasteiger partial charge in [-0.2, -0.15) is 0 Å². The van der Waals surface area contributed by atoms with Crippen molar-refractivity contribution in [1.29, 1.82) is 0 Å². The Bertz CT molecular complexity index is 366. The Morgan fingerprint density at radius 2 is 2.12 bits per heavy atom. The van der Waals surface area contributed by atoms with Gasteiger partial charge in [0.25, 0.3) is 0 Å². The van der Waals surface area contributed by atoms with E-state index in [2.05, 4.69) is 24.1 Å². The van der Waals surface area contributed by atoms with Gasteiger partial charge in [0.2, 0.25) is 5.88 Å². The lowest BCUT2D eigenvalue weighted by atomic mass is 10.1. The van der Waals surface area contributed by atoms with E-state index in [-0.39, 0.29) is 5.60 Å². The van der Waals surface area contributed by atoms with Crippen LogP contribution in [0, 0.1) is 0 Å². The summed E-state index contributed by atoms with van der Waals surface area (Å²) in [5.41, 5.74) is 0.821. The average molecular weight is 257 g/mol. The zero-order valence-electron chi connectivity index (χ0n) is 11.0. The predicted octanol–water partition coefficient (Wildman–Crippen LogP) is 3.41. The minimum atomic E-state index is -0.198. The number of nitrogens with zero attached hydrogens (tertiary/aromatic N) is 1. The molecule has 0 fully saturated rings. The van der Waals surface area contributed by atoms with E-state index < -0.39 is 0 Å². The van der Waals surface area contributed by atoms with Gasteiger partial charge >= 0.3 is 0 Å². The Labute approximate surface area is 109 Å². The van der Waals surface area contributed by atoms with Crippen molar-refractivity contribution in [2.75, 3.05) is 6.54 Å². The molecular weight excluding hydrogens is 236 g/mol. The number of aromatic nitrogens is 1. The molecule has 1 aromatic heterocycles. The second-order valence-electron chi connectivity index (χ2n) is 4.61.